The van der Waals surface area contributed by atoms with Gasteiger partial charge in [0.2, 0.25) is 0 Å². The first-order valence-electron chi connectivity index (χ1n) is 21.1. The van der Waals surface area contributed by atoms with Crippen LogP contribution < -0.4 is 4.74 Å². The number of benzene rings is 6. The molecule has 0 aliphatic heterocycles. The molecule has 0 unspecified atom stereocenters. The highest BCUT2D eigenvalue weighted by Crippen LogP contribution is 2.40. The van der Waals surface area contributed by atoms with Gasteiger partial charge >= 0.3 is 0 Å². The van der Waals surface area contributed by atoms with Gasteiger partial charge < -0.3 is 4.74 Å². The van der Waals surface area contributed by atoms with E-state index in [4.69, 9.17) is 9.72 Å². The maximum absolute atomic E-state index is 6.25. The van der Waals surface area contributed by atoms with E-state index >= 15 is 0 Å². The van der Waals surface area contributed by atoms with Crippen molar-refractivity contribution in [2.45, 2.75) is 110 Å². The molecule has 6 aromatic carbocycles. The Morgan fingerprint density at radius 2 is 1.13 bits per heavy atom. The molecule has 0 N–H and O–H groups in total. The summed E-state index contributed by atoms with van der Waals surface area (Å²) in [6.07, 6.45) is 19.8. The Balaban J connectivity index is 1.30. The second kappa shape index (κ2) is 18.9. The predicted octanol–water partition coefficient (Wildman–Crippen LogP) is 15.0. The lowest BCUT2D eigenvalue weighted by Gasteiger charge is -2.15. The average Bonchev–Trinajstić information content (AvgIpc) is 3.64. The first-order valence-corrected chi connectivity index (χ1v) is 21.1. The Bertz CT molecular complexity index is 2300. The van der Waals surface area contributed by atoms with Gasteiger partial charge in [-0.2, -0.15) is 0 Å². The fraction of sp³-hybridized carbons (Fsp3) is 0.327. The number of aromatic nitrogens is 2. The summed E-state index contributed by atoms with van der Waals surface area (Å²) in [4.78, 5) is 5.52. The first-order chi connectivity index (χ1) is 27.2. The van der Waals surface area contributed by atoms with Gasteiger partial charge in [-0.3, -0.25) is 4.57 Å². The van der Waals surface area contributed by atoms with Crippen LogP contribution in [-0.4, -0.2) is 9.55 Å². The molecule has 3 nitrogen and oxygen atoms in total. The van der Waals surface area contributed by atoms with Gasteiger partial charge in [-0.25, -0.2) is 4.98 Å². The molecule has 55 heavy (non-hydrogen) atoms. The van der Waals surface area contributed by atoms with Crippen molar-refractivity contribution in [1.82, 2.24) is 9.55 Å². The van der Waals surface area contributed by atoms with Crippen molar-refractivity contribution in [2.24, 2.45) is 0 Å². The lowest BCUT2D eigenvalue weighted by Crippen LogP contribution is -2.00. The molecule has 1 heterocycles. The number of hydrogen-bond donors (Lipinski definition) is 0. The zero-order chi connectivity index (χ0) is 37.8. The lowest BCUT2D eigenvalue weighted by atomic mass is 9.94. The van der Waals surface area contributed by atoms with Gasteiger partial charge in [0.1, 0.15) is 18.2 Å². The number of fused-ring (bicyclic) bond motifs is 6. The number of nitrogens with zero attached hydrogens (tertiary/aromatic N) is 2. The lowest BCUT2D eigenvalue weighted by molar-refractivity contribution is 0.306. The van der Waals surface area contributed by atoms with Gasteiger partial charge in [-0.1, -0.05) is 182 Å². The Morgan fingerprint density at radius 1 is 0.564 bits per heavy atom. The summed E-state index contributed by atoms with van der Waals surface area (Å²) < 4.78 is 8.63. The zero-order valence-corrected chi connectivity index (χ0v) is 33.2. The summed E-state index contributed by atoms with van der Waals surface area (Å²) >= 11 is 0. The minimum atomic E-state index is 0.512. The fourth-order valence-corrected chi connectivity index (χ4v) is 8.07. The Kier molecular flexibility index (Phi) is 13.1. The van der Waals surface area contributed by atoms with Gasteiger partial charge in [0, 0.05) is 22.0 Å². The third-order valence-corrected chi connectivity index (χ3v) is 11.2. The van der Waals surface area contributed by atoms with E-state index in [0.717, 1.165) is 57.8 Å². The molecular weight excluding hydrogens is 669 g/mol. The van der Waals surface area contributed by atoms with Crippen LogP contribution in [0.25, 0.3) is 55.7 Å². The van der Waals surface area contributed by atoms with E-state index in [9.17, 15) is 0 Å². The largest absolute Gasteiger partial charge is 0.489 e. The van der Waals surface area contributed by atoms with Crippen LogP contribution >= 0.6 is 0 Å². The minimum absolute atomic E-state index is 0.512. The van der Waals surface area contributed by atoms with Crippen LogP contribution in [-0.2, 0) is 19.4 Å². The molecule has 0 aliphatic rings. The molecule has 3 heteroatoms. The first kappa shape index (κ1) is 38.1. The Morgan fingerprint density at radius 3 is 1.75 bits per heavy atom. The normalized spacial score (nSPS) is 11.5. The number of rotatable bonds is 20. The molecule has 282 valence electrons. The maximum atomic E-state index is 6.25. The molecule has 7 rings (SSSR count). The summed E-state index contributed by atoms with van der Waals surface area (Å²) in [6.45, 7) is 8.96. The summed E-state index contributed by atoms with van der Waals surface area (Å²) in [5.41, 5.74) is 9.48. The molecular formula is C52H58N2O. The van der Waals surface area contributed by atoms with Gasteiger partial charge in [0.05, 0.1) is 11.0 Å². The quantitative estimate of drug-likeness (QED) is 0.0578. The van der Waals surface area contributed by atoms with E-state index in [1.165, 1.54) is 110 Å². The predicted molar refractivity (Wildman–Crippen MR) is 237 cm³/mol. The van der Waals surface area contributed by atoms with Crippen LogP contribution in [0.5, 0.6) is 5.75 Å². The van der Waals surface area contributed by atoms with E-state index in [0.29, 0.717) is 6.61 Å². The molecule has 0 saturated heterocycles. The second-order valence-electron chi connectivity index (χ2n) is 15.4. The third kappa shape index (κ3) is 9.22. The fourth-order valence-electron chi connectivity index (χ4n) is 8.07. The van der Waals surface area contributed by atoms with Crippen LogP contribution in [0.15, 0.2) is 122 Å². The van der Waals surface area contributed by atoms with Gasteiger partial charge in [0.15, 0.2) is 0 Å². The van der Waals surface area contributed by atoms with Crippen LogP contribution in [0.4, 0.5) is 0 Å². The van der Waals surface area contributed by atoms with Gasteiger partial charge in [0.25, 0.3) is 0 Å². The summed E-state index contributed by atoms with van der Waals surface area (Å²) in [5.74, 6) is 1.79. The van der Waals surface area contributed by atoms with Crippen molar-refractivity contribution in [3.05, 3.63) is 144 Å². The molecule has 0 saturated carbocycles. The summed E-state index contributed by atoms with van der Waals surface area (Å²) in [7, 11) is 0. The number of unbranched alkanes of at least 4 members (excludes halogenated alkanes) is 10. The smallest absolute Gasteiger partial charge is 0.145 e. The van der Waals surface area contributed by atoms with Crippen molar-refractivity contribution < 1.29 is 4.74 Å². The molecule has 0 atom stereocenters. The van der Waals surface area contributed by atoms with Crippen molar-refractivity contribution in [3.63, 3.8) is 0 Å². The highest BCUT2D eigenvalue weighted by molar-refractivity contribution is 6.24. The van der Waals surface area contributed by atoms with Crippen molar-refractivity contribution in [2.75, 3.05) is 0 Å². The minimum Gasteiger partial charge on any atom is -0.489 e. The van der Waals surface area contributed by atoms with Crippen molar-refractivity contribution in [1.29, 1.82) is 0 Å². The van der Waals surface area contributed by atoms with E-state index in [2.05, 4.69) is 140 Å². The van der Waals surface area contributed by atoms with Crippen molar-refractivity contribution in [3.8, 4) is 22.8 Å². The molecule has 7 aromatic rings. The third-order valence-electron chi connectivity index (χ3n) is 11.2. The highest BCUT2D eigenvalue weighted by atomic mass is 16.5. The molecule has 1 aromatic heterocycles. The van der Waals surface area contributed by atoms with Gasteiger partial charge in [-0.05, 0) is 83.0 Å². The average molecular weight is 727 g/mol. The topological polar surface area (TPSA) is 27.1 Å². The molecule has 0 spiro atoms. The molecule has 0 amide bonds. The zero-order valence-electron chi connectivity index (χ0n) is 33.2. The standard InChI is InChI=1S/C52H58N2O/c1-4-7-9-11-13-16-20-40-28-34-46-48(36-40)49-37-41(21-17-14-12-10-8-5-2)29-35-47(49)51-50(46)53-52(43-22-18-15-19-23-43)54(51)44-30-32-45(33-31-44)55-38-42-26-24-39(6-3)25-27-42/h6,15,18-19,22-37H,3-5,7-14,16-17,20-21,38H2,1-2H3. The highest BCUT2D eigenvalue weighted by Gasteiger charge is 2.21. The van der Waals surface area contributed by atoms with E-state index in [1.807, 2.05) is 6.08 Å². The summed E-state index contributed by atoms with van der Waals surface area (Å²) in [6, 6.07) is 42.0. The van der Waals surface area contributed by atoms with Crippen molar-refractivity contribution >= 4 is 38.7 Å². The number of aryl methyl sites for hydroxylation is 2. The number of imidazole rings is 1. The molecule has 0 bridgehead atoms. The number of ether oxygens (including phenoxy) is 1. The van der Waals surface area contributed by atoms with Crippen LogP contribution in [0.3, 0.4) is 0 Å². The van der Waals surface area contributed by atoms with Crippen LogP contribution in [0, 0.1) is 0 Å². The van der Waals surface area contributed by atoms with Crippen LogP contribution in [0.2, 0.25) is 0 Å². The molecule has 0 aliphatic carbocycles. The monoisotopic (exact) mass is 726 g/mol. The van der Waals surface area contributed by atoms with E-state index in [1.54, 1.807) is 0 Å². The van der Waals surface area contributed by atoms with E-state index in [-0.39, 0.29) is 0 Å². The van der Waals surface area contributed by atoms with Crippen LogP contribution in [0.1, 0.15) is 113 Å². The SMILES string of the molecule is C=Cc1ccc(COc2ccc(-n3c(-c4ccccc4)nc4c5ccc(CCCCCCCC)cc5c5cc(CCCCCCCC)ccc5c43)cc2)cc1. The molecule has 0 radical (unpaired) electrons. The number of hydrogen-bond acceptors (Lipinski definition) is 2. The Hall–Kier alpha value is -5.15. The van der Waals surface area contributed by atoms with E-state index < -0.39 is 0 Å². The maximum Gasteiger partial charge on any atom is 0.145 e. The summed E-state index contributed by atoms with van der Waals surface area (Å²) in [5, 5.41) is 5.14. The molecule has 0 fully saturated rings. The van der Waals surface area contributed by atoms with Gasteiger partial charge in [-0.15, -0.1) is 0 Å². The second-order valence-corrected chi connectivity index (χ2v) is 15.4. The Labute approximate surface area is 329 Å².